The molecule has 0 aromatic heterocycles. The van der Waals surface area contributed by atoms with Gasteiger partial charge in [-0.1, -0.05) is 6.92 Å². The number of nitriles is 1. The number of rotatable bonds is 2. The standard InChI is InChI=1S/C11H16N2O2/c1-10-3-6-13(7-4-10)11(8-14,2-5-12)9(10)15/h14H,2-4,6-8H2,1H3. The largest absolute Gasteiger partial charge is 0.394 e. The minimum atomic E-state index is -0.903. The molecule has 0 aromatic rings. The molecule has 82 valence electrons. The molecule has 1 atom stereocenters. The summed E-state index contributed by atoms with van der Waals surface area (Å²) < 4.78 is 0. The van der Waals surface area contributed by atoms with Crippen molar-refractivity contribution in [2.45, 2.75) is 31.7 Å². The first-order chi connectivity index (χ1) is 7.09. The minimum absolute atomic E-state index is 0.0663. The van der Waals surface area contributed by atoms with Crippen molar-refractivity contribution in [3.05, 3.63) is 0 Å². The van der Waals surface area contributed by atoms with Gasteiger partial charge in [-0.3, -0.25) is 9.69 Å². The van der Waals surface area contributed by atoms with Crippen molar-refractivity contribution in [1.82, 2.24) is 4.90 Å². The lowest BCUT2D eigenvalue weighted by molar-refractivity contribution is -0.162. The van der Waals surface area contributed by atoms with E-state index in [0.717, 1.165) is 25.9 Å². The Kier molecular flexibility index (Phi) is 2.32. The van der Waals surface area contributed by atoms with Crippen LogP contribution >= 0.6 is 0 Å². The molecular formula is C11H16N2O2. The van der Waals surface area contributed by atoms with Crippen molar-refractivity contribution in [3.63, 3.8) is 0 Å². The SMILES string of the molecule is CC12CCN(CC1)C(CO)(CC#N)C2=O. The summed E-state index contributed by atoms with van der Waals surface area (Å²) in [6, 6.07) is 2.04. The lowest BCUT2D eigenvalue weighted by Crippen LogP contribution is -2.69. The molecule has 1 unspecified atom stereocenters. The van der Waals surface area contributed by atoms with Crippen molar-refractivity contribution in [1.29, 1.82) is 5.26 Å². The van der Waals surface area contributed by atoms with E-state index in [1.807, 2.05) is 17.9 Å². The fraction of sp³-hybridized carbons (Fsp3) is 0.818. The highest BCUT2D eigenvalue weighted by molar-refractivity contribution is 5.95. The van der Waals surface area contributed by atoms with Crippen LogP contribution in [0.25, 0.3) is 0 Å². The number of hydrogen-bond acceptors (Lipinski definition) is 4. The first-order valence-corrected chi connectivity index (χ1v) is 5.37. The number of carbonyl (C=O) groups excluding carboxylic acids is 1. The van der Waals surface area contributed by atoms with E-state index in [2.05, 4.69) is 0 Å². The second kappa shape index (κ2) is 3.29. The second-order valence-electron chi connectivity index (χ2n) is 4.90. The molecule has 15 heavy (non-hydrogen) atoms. The molecule has 0 spiro atoms. The molecule has 0 radical (unpaired) electrons. The van der Waals surface area contributed by atoms with Crippen molar-refractivity contribution < 1.29 is 9.90 Å². The summed E-state index contributed by atoms with van der Waals surface area (Å²) in [5, 5.41) is 18.3. The van der Waals surface area contributed by atoms with Crippen molar-refractivity contribution in [2.75, 3.05) is 19.7 Å². The van der Waals surface area contributed by atoms with Gasteiger partial charge in [-0.2, -0.15) is 5.26 Å². The third-order valence-electron chi connectivity index (χ3n) is 4.08. The highest BCUT2D eigenvalue weighted by atomic mass is 16.3. The van der Waals surface area contributed by atoms with E-state index in [0.29, 0.717) is 0 Å². The highest BCUT2D eigenvalue weighted by Gasteiger charge is 2.57. The zero-order valence-corrected chi connectivity index (χ0v) is 8.99. The number of hydrogen-bond donors (Lipinski definition) is 1. The lowest BCUT2D eigenvalue weighted by atomic mass is 9.63. The average Bonchev–Trinajstić information content (AvgIpc) is 2.25. The predicted molar refractivity (Wildman–Crippen MR) is 54.0 cm³/mol. The fourth-order valence-corrected chi connectivity index (χ4v) is 2.91. The Morgan fingerprint density at radius 3 is 2.60 bits per heavy atom. The van der Waals surface area contributed by atoms with Gasteiger partial charge in [0, 0.05) is 18.5 Å². The topological polar surface area (TPSA) is 64.3 Å². The Morgan fingerprint density at radius 1 is 1.53 bits per heavy atom. The van der Waals surface area contributed by atoms with E-state index in [-0.39, 0.29) is 24.2 Å². The first-order valence-electron chi connectivity index (χ1n) is 5.37. The number of aliphatic hydroxyl groups excluding tert-OH is 1. The molecule has 0 saturated carbocycles. The Bertz CT molecular complexity index is 326. The van der Waals surface area contributed by atoms with Gasteiger partial charge in [0.25, 0.3) is 0 Å². The van der Waals surface area contributed by atoms with Crippen LogP contribution in [0.1, 0.15) is 26.2 Å². The maximum absolute atomic E-state index is 12.3. The Balaban J connectivity index is 2.40. The van der Waals surface area contributed by atoms with Crippen molar-refractivity contribution in [3.8, 4) is 6.07 Å². The Morgan fingerprint density at radius 2 is 2.13 bits per heavy atom. The summed E-state index contributed by atoms with van der Waals surface area (Å²) >= 11 is 0. The molecule has 3 aliphatic rings. The molecule has 3 aliphatic heterocycles. The number of aliphatic hydroxyl groups is 1. The molecule has 3 heterocycles. The van der Waals surface area contributed by atoms with Gasteiger partial charge in [-0.15, -0.1) is 0 Å². The maximum Gasteiger partial charge on any atom is 0.162 e. The van der Waals surface area contributed by atoms with E-state index < -0.39 is 5.54 Å². The van der Waals surface area contributed by atoms with Gasteiger partial charge in [0.2, 0.25) is 0 Å². The summed E-state index contributed by atoms with van der Waals surface area (Å²) in [5.74, 6) is 0.0663. The lowest BCUT2D eigenvalue weighted by Gasteiger charge is -2.55. The maximum atomic E-state index is 12.3. The van der Waals surface area contributed by atoms with E-state index in [9.17, 15) is 9.90 Å². The van der Waals surface area contributed by atoms with Gasteiger partial charge in [0.1, 0.15) is 5.54 Å². The molecule has 4 heteroatoms. The highest BCUT2D eigenvalue weighted by Crippen LogP contribution is 2.45. The predicted octanol–water partition coefficient (Wildman–Crippen LogP) is 0.316. The molecule has 0 aromatic carbocycles. The Labute approximate surface area is 89.5 Å². The summed E-state index contributed by atoms with van der Waals surface area (Å²) in [5.41, 5.74) is -1.21. The molecule has 3 saturated heterocycles. The summed E-state index contributed by atoms with van der Waals surface area (Å²) in [6.45, 7) is 3.39. The molecule has 0 amide bonds. The number of Topliss-reactive ketones (excluding diaryl/α,β-unsaturated/α-hetero) is 1. The molecule has 0 aliphatic carbocycles. The van der Waals surface area contributed by atoms with E-state index in [1.165, 1.54) is 0 Å². The second-order valence-corrected chi connectivity index (χ2v) is 4.90. The van der Waals surface area contributed by atoms with Crippen LogP contribution in [0.15, 0.2) is 0 Å². The van der Waals surface area contributed by atoms with Gasteiger partial charge in [-0.05, 0) is 12.8 Å². The molecule has 3 fully saturated rings. The van der Waals surface area contributed by atoms with Gasteiger partial charge in [0.15, 0.2) is 5.78 Å². The Hall–Kier alpha value is -0.920. The van der Waals surface area contributed by atoms with Crippen LogP contribution in [0.5, 0.6) is 0 Å². The zero-order chi connectivity index (χ0) is 11.1. The van der Waals surface area contributed by atoms with Crippen LogP contribution < -0.4 is 0 Å². The van der Waals surface area contributed by atoms with Gasteiger partial charge in [-0.25, -0.2) is 0 Å². The van der Waals surface area contributed by atoms with Gasteiger partial charge < -0.3 is 5.11 Å². The van der Waals surface area contributed by atoms with Crippen LogP contribution in [0.4, 0.5) is 0 Å². The average molecular weight is 208 g/mol. The fourth-order valence-electron chi connectivity index (χ4n) is 2.91. The first kappa shape index (κ1) is 10.6. The van der Waals surface area contributed by atoms with Gasteiger partial charge in [0.05, 0.1) is 19.1 Å². The summed E-state index contributed by atoms with van der Waals surface area (Å²) in [6.07, 6.45) is 1.83. The van der Waals surface area contributed by atoms with Crippen LogP contribution in [-0.2, 0) is 4.79 Å². The number of fused-ring (bicyclic) bond motifs is 3. The molecule has 1 N–H and O–H groups in total. The van der Waals surface area contributed by atoms with Crippen LogP contribution in [0.2, 0.25) is 0 Å². The van der Waals surface area contributed by atoms with E-state index in [1.54, 1.807) is 0 Å². The van der Waals surface area contributed by atoms with Crippen LogP contribution in [0, 0.1) is 16.7 Å². The third kappa shape index (κ3) is 1.23. The number of ketones is 1. The van der Waals surface area contributed by atoms with Crippen molar-refractivity contribution >= 4 is 5.78 Å². The molecule has 4 nitrogen and oxygen atoms in total. The monoisotopic (exact) mass is 208 g/mol. The minimum Gasteiger partial charge on any atom is -0.394 e. The molecule has 3 rings (SSSR count). The molecular weight excluding hydrogens is 192 g/mol. The number of piperidine rings is 3. The normalized spacial score (nSPS) is 44.1. The smallest absolute Gasteiger partial charge is 0.162 e. The van der Waals surface area contributed by atoms with Gasteiger partial charge >= 0.3 is 0 Å². The number of carbonyl (C=O) groups is 1. The zero-order valence-electron chi connectivity index (χ0n) is 8.99. The number of nitrogens with zero attached hydrogens (tertiary/aromatic N) is 2. The van der Waals surface area contributed by atoms with Crippen LogP contribution in [-0.4, -0.2) is 41.0 Å². The summed E-state index contributed by atoms with van der Waals surface area (Å²) in [7, 11) is 0. The quantitative estimate of drug-likeness (QED) is 0.709. The van der Waals surface area contributed by atoms with E-state index >= 15 is 0 Å². The summed E-state index contributed by atoms with van der Waals surface area (Å²) in [4.78, 5) is 14.3. The third-order valence-corrected chi connectivity index (χ3v) is 4.08. The van der Waals surface area contributed by atoms with Crippen molar-refractivity contribution in [2.24, 2.45) is 5.41 Å². The van der Waals surface area contributed by atoms with E-state index in [4.69, 9.17) is 5.26 Å². The van der Waals surface area contributed by atoms with Crippen LogP contribution in [0.3, 0.4) is 0 Å². The molecule has 2 bridgehead atoms.